The Bertz CT molecular complexity index is 1050. The standard InChI is InChI=1S/C23H28N4O/c1-14(2)27-13-18(12-24-27)20-11-19(23(28)26-8-6-7-17(26)5)22-16(4)9-15(3)10-21(22)25-20/h9-14,17H,6-8H2,1-5H3/t17-/m1/s1. The first kappa shape index (κ1) is 18.7. The summed E-state index contributed by atoms with van der Waals surface area (Å²) in [5.41, 5.74) is 5.63. The molecule has 146 valence electrons. The topological polar surface area (TPSA) is 51.0 Å². The SMILES string of the molecule is Cc1cc(C)c2c(C(=O)N3CCC[C@H]3C)cc(-c3cnn(C(C)C)c3)nc2c1. The van der Waals surface area contributed by atoms with Gasteiger partial charge in [0.15, 0.2) is 0 Å². The van der Waals surface area contributed by atoms with Gasteiger partial charge in [0.2, 0.25) is 0 Å². The second-order valence-corrected chi connectivity index (χ2v) is 8.32. The molecule has 2 aromatic heterocycles. The van der Waals surface area contributed by atoms with Crippen LogP contribution in [-0.2, 0) is 0 Å². The summed E-state index contributed by atoms with van der Waals surface area (Å²) in [7, 11) is 0. The van der Waals surface area contributed by atoms with Crippen LogP contribution in [0.3, 0.4) is 0 Å². The molecule has 1 aliphatic heterocycles. The van der Waals surface area contributed by atoms with Gasteiger partial charge in [-0.2, -0.15) is 5.10 Å². The fraction of sp³-hybridized carbons (Fsp3) is 0.435. The van der Waals surface area contributed by atoms with Gasteiger partial charge in [-0.05, 0) is 70.7 Å². The first-order valence-electron chi connectivity index (χ1n) is 10.1. The predicted octanol–water partition coefficient (Wildman–Crippen LogP) is 4.92. The average Bonchev–Trinajstić information content (AvgIpc) is 3.29. The number of pyridine rings is 1. The highest BCUT2D eigenvalue weighted by Gasteiger charge is 2.28. The number of hydrogen-bond acceptors (Lipinski definition) is 3. The van der Waals surface area contributed by atoms with E-state index >= 15 is 0 Å². The lowest BCUT2D eigenvalue weighted by atomic mass is 9.98. The number of aryl methyl sites for hydroxylation is 2. The number of rotatable bonds is 3. The van der Waals surface area contributed by atoms with Crippen molar-refractivity contribution < 1.29 is 4.79 Å². The van der Waals surface area contributed by atoms with Crippen molar-refractivity contribution in [3.8, 4) is 11.3 Å². The van der Waals surface area contributed by atoms with Crippen LogP contribution in [0.2, 0.25) is 0 Å². The molecule has 3 heterocycles. The number of benzene rings is 1. The lowest BCUT2D eigenvalue weighted by Crippen LogP contribution is -2.33. The summed E-state index contributed by atoms with van der Waals surface area (Å²) in [6.45, 7) is 11.3. The van der Waals surface area contributed by atoms with Gasteiger partial charge in [0, 0.05) is 35.8 Å². The van der Waals surface area contributed by atoms with Gasteiger partial charge in [0.05, 0.1) is 23.0 Å². The largest absolute Gasteiger partial charge is 0.336 e. The van der Waals surface area contributed by atoms with Gasteiger partial charge >= 0.3 is 0 Å². The van der Waals surface area contributed by atoms with Crippen LogP contribution in [0.5, 0.6) is 0 Å². The zero-order chi connectivity index (χ0) is 20.0. The summed E-state index contributed by atoms with van der Waals surface area (Å²) in [4.78, 5) is 20.4. The predicted molar refractivity (Wildman–Crippen MR) is 113 cm³/mol. The van der Waals surface area contributed by atoms with Crippen molar-refractivity contribution in [2.24, 2.45) is 0 Å². The molecule has 1 atom stereocenters. The third-order valence-electron chi connectivity index (χ3n) is 5.72. The minimum atomic E-state index is 0.113. The third-order valence-corrected chi connectivity index (χ3v) is 5.72. The summed E-state index contributed by atoms with van der Waals surface area (Å²) in [6, 6.07) is 6.73. The first-order valence-corrected chi connectivity index (χ1v) is 10.1. The van der Waals surface area contributed by atoms with Crippen LogP contribution in [-0.4, -0.2) is 38.2 Å². The molecule has 1 fully saturated rings. The molecule has 5 heteroatoms. The zero-order valence-corrected chi connectivity index (χ0v) is 17.4. The lowest BCUT2D eigenvalue weighted by Gasteiger charge is -2.23. The van der Waals surface area contributed by atoms with Gasteiger partial charge in [0.25, 0.3) is 5.91 Å². The number of aromatic nitrogens is 3. The van der Waals surface area contributed by atoms with Crippen LogP contribution >= 0.6 is 0 Å². The number of carbonyl (C=O) groups is 1. The molecule has 1 amide bonds. The Morgan fingerprint density at radius 3 is 2.64 bits per heavy atom. The molecule has 3 aromatic rings. The van der Waals surface area contributed by atoms with Crippen LogP contribution in [0.25, 0.3) is 22.2 Å². The second-order valence-electron chi connectivity index (χ2n) is 8.32. The van der Waals surface area contributed by atoms with E-state index in [-0.39, 0.29) is 18.0 Å². The zero-order valence-electron chi connectivity index (χ0n) is 17.4. The van der Waals surface area contributed by atoms with Gasteiger partial charge in [-0.25, -0.2) is 4.98 Å². The highest BCUT2D eigenvalue weighted by Crippen LogP contribution is 2.31. The molecule has 0 N–H and O–H groups in total. The molecule has 0 saturated carbocycles. The third kappa shape index (κ3) is 3.19. The molecule has 1 aromatic carbocycles. The maximum absolute atomic E-state index is 13.5. The summed E-state index contributed by atoms with van der Waals surface area (Å²) >= 11 is 0. The van der Waals surface area contributed by atoms with Crippen molar-refractivity contribution in [3.05, 3.63) is 47.3 Å². The number of nitrogens with zero attached hydrogens (tertiary/aromatic N) is 4. The molecular formula is C23H28N4O. The number of carbonyl (C=O) groups excluding carboxylic acids is 1. The van der Waals surface area contributed by atoms with Crippen LogP contribution < -0.4 is 0 Å². The van der Waals surface area contributed by atoms with E-state index in [1.165, 1.54) is 0 Å². The van der Waals surface area contributed by atoms with Crippen molar-refractivity contribution in [2.75, 3.05) is 6.54 Å². The van der Waals surface area contributed by atoms with Crippen LogP contribution in [0, 0.1) is 13.8 Å². The summed E-state index contributed by atoms with van der Waals surface area (Å²) in [5, 5.41) is 5.42. The molecule has 0 bridgehead atoms. The Labute approximate surface area is 166 Å². The maximum atomic E-state index is 13.5. The van der Waals surface area contributed by atoms with E-state index < -0.39 is 0 Å². The highest BCUT2D eigenvalue weighted by molar-refractivity contribution is 6.08. The Balaban J connectivity index is 1.91. The molecule has 0 spiro atoms. The van der Waals surface area contributed by atoms with E-state index in [4.69, 9.17) is 4.98 Å². The summed E-state index contributed by atoms with van der Waals surface area (Å²) in [6.07, 6.45) is 5.99. The number of amides is 1. The molecule has 0 radical (unpaired) electrons. The van der Waals surface area contributed by atoms with Gasteiger partial charge in [-0.1, -0.05) is 6.07 Å². The normalized spacial score (nSPS) is 17.1. The molecule has 1 saturated heterocycles. The maximum Gasteiger partial charge on any atom is 0.254 e. The van der Waals surface area contributed by atoms with E-state index in [0.29, 0.717) is 0 Å². The average molecular weight is 377 g/mol. The Kier molecular flexibility index (Phi) is 4.69. The van der Waals surface area contributed by atoms with E-state index in [1.807, 2.05) is 28.0 Å². The molecule has 28 heavy (non-hydrogen) atoms. The van der Waals surface area contributed by atoms with Crippen LogP contribution in [0.1, 0.15) is 61.1 Å². The Morgan fingerprint density at radius 1 is 1.21 bits per heavy atom. The van der Waals surface area contributed by atoms with Crippen molar-refractivity contribution in [1.29, 1.82) is 0 Å². The van der Waals surface area contributed by atoms with Gasteiger partial charge < -0.3 is 4.90 Å². The number of fused-ring (bicyclic) bond motifs is 1. The van der Waals surface area contributed by atoms with Gasteiger partial charge in [-0.15, -0.1) is 0 Å². The second kappa shape index (κ2) is 7.04. The van der Waals surface area contributed by atoms with Crippen molar-refractivity contribution in [1.82, 2.24) is 19.7 Å². The minimum absolute atomic E-state index is 0.113. The highest BCUT2D eigenvalue weighted by atomic mass is 16.2. The van der Waals surface area contributed by atoms with Gasteiger partial charge in [0.1, 0.15) is 0 Å². The monoisotopic (exact) mass is 376 g/mol. The summed E-state index contributed by atoms with van der Waals surface area (Å²) < 4.78 is 1.92. The van der Waals surface area contributed by atoms with Crippen LogP contribution in [0.4, 0.5) is 0 Å². The molecular weight excluding hydrogens is 348 g/mol. The lowest BCUT2D eigenvalue weighted by molar-refractivity contribution is 0.0749. The van der Waals surface area contributed by atoms with Crippen molar-refractivity contribution >= 4 is 16.8 Å². The fourth-order valence-corrected chi connectivity index (χ4v) is 4.21. The van der Waals surface area contributed by atoms with Crippen molar-refractivity contribution in [3.63, 3.8) is 0 Å². The molecule has 1 aliphatic rings. The molecule has 0 unspecified atom stereocenters. The van der Waals surface area contributed by atoms with Gasteiger partial charge in [-0.3, -0.25) is 9.48 Å². The quantitative estimate of drug-likeness (QED) is 0.652. The van der Waals surface area contributed by atoms with E-state index in [9.17, 15) is 4.79 Å². The van der Waals surface area contributed by atoms with Crippen molar-refractivity contribution in [2.45, 2.75) is 59.5 Å². The smallest absolute Gasteiger partial charge is 0.254 e. The van der Waals surface area contributed by atoms with E-state index in [1.54, 1.807) is 0 Å². The molecule has 5 nitrogen and oxygen atoms in total. The Morgan fingerprint density at radius 2 is 2.00 bits per heavy atom. The number of likely N-dealkylation sites (tertiary alicyclic amines) is 1. The molecule has 0 aliphatic carbocycles. The Hall–Kier alpha value is -2.69. The number of hydrogen-bond donors (Lipinski definition) is 0. The summed E-state index contributed by atoms with van der Waals surface area (Å²) in [5.74, 6) is 0.113. The van der Waals surface area contributed by atoms with Crippen LogP contribution in [0.15, 0.2) is 30.6 Å². The van der Waals surface area contributed by atoms with E-state index in [2.05, 4.69) is 51.9 Å². The fourth-order valence-electron chi connectivity index (χ4n) is 4.21. The van der Waals surface area contributed by atoms with E-state index in [0.717, 1.165) is 58.2 Å². The first-order chi connectivity index (χ1) is 13.3. The minimum Gasteiger partial charge on any atom is -0.336 e. The molecule has 4 rings (SSSR count).